The van der Waals surface area contributed by atoms with Gasteiger partial charge in [-0.25, -0.2) is 4.79 Å². The van der Waals surface area contributed by atoms with Gasteiger partial charge in [-0.3, -0.25) is 4.79 Å². The molecule has 4 nitrogen and oxygen atoms in total. The second-order valence-corrected chi connectivity index (χ2v) is 4.95. The highest BCUT2D eigenvalue weighted by Crippen LogP contribution is 2.36. The van der Waals surface area contributed by atoms with Crippen molar-refractivity contribution < 1.29 is 14.3 Å². The number of terminal acetylenes is 1. The van der Waals surface area contributed by atoms with Gasteiger partial charge in [-0.15, -0.1) is 12.3 Å². The third-order valence-corrected chi connectivity index (χ3v) is 3.17. The van der Waals surface area contributed by atoms with Crippen LogP contribution in [-0.2, 0) is 9.53 Å². The van der Waals surface area contributed by atoms with E-state index in [9.17, 15) is 9.59 Å². The van der Waals surface area contributed by atoms with E-state index in [-0.39, 0.29) is 18.0 Å². The zero-order valence-corrected chi connectivity index (χ0v) is 11.4. The van der Waals surface area contributed by atoms with Crippen LogP contribution in [0.1, 0.15) is 36.5 Å². The second kappa shape index (κ2) is 6.25. The van der Waals surface area contributed by atoms with Gasteiger partial charge in [0.2, 0.25) is 5.91 Å². The van der Waals surface area contributed by atoms with E-state index in [2.05, 4.69) is 11.2 Å². The van der Waals surface area contributed by atoms with Crippen molar-refractivity contribution in [2.45, 2.75) is 32.3 Å². The standard InChI is InChI=1S/C16H17NO3/c1-3-4-15(12-5-6-12)20-16(19)13-7-9-14(10-8-13)17-11(2)18/h1,7-10,12,15H,4-6H2,2H3,(H,17,18)/t15-/m1/s1. The molecule has 0 aliphatic heterocycles. The molecule has 1 saturated carbocycles. The first-order chi connectivity index (χ1) is 9.60. The second-order valence-electron chi connectivity index (χ2n) is 4.95. The third-order valence-electron chi connectivity index (χ3n) is 3.17. The zero-order valence-electron chi connectivity index (χ0n) is 11.4. The fraction of sp³-hybridized carbons (Fsp3) is 0.375. The lowest BCUT2D eigenvalue weighted by Gasteiger charge is -2.15. The number of ether oxygens (including phenoxy) is 1. The molecule has 1 atom stereocenters. The Balaban J connectivity index is 1.98. The molecule has 1 N–H and O–H groups in total. The molecule has 0 heterocycles. The number of nitrogens with one attached hydrogen (secondary N) is 1. The van der Waals surface area contributed by atoms with E-state index in [4.69, 9.17) is 11.2 Å². The minimum absolute atomic E-state index is 0.150. The molecule has 1 amide bonds. The monoisotopic (exact) mass is 271 g/mol. The number of benzene rings is 1. The molecule has 2 rings (SSSR count). The number of hydrogen-bond donors (Lipinski definition) is 1. The van der Waals surface area contributed by atoms with Gasteiger partial charge in [0, 0.05) is 19.0 Å². The van der Waals surface area contributed by atoms with Crippen molar-refractivity contribution in [1.29, 1.82) is 0 Å². The molecule has 0 aromatic heterocycles. The van der Waals surface area contributed by atoms with E-state index < -0.39 is 0 Å². The maximum Gasteiger partial charge on any atom is 0.338 e. The van der Waals surface area contributed by atoms with Crippen LogP contribution in [0.3, 0.4) is 0 Å². The summed E-state index contributed by atoms with van der Waals surface area (Å²) in [6.45, 7) is 1.43. The molecule has 1 fully saturated rings. The Morgan fingerprint density at radius 1 is 1.40 bits per heavy atom. The van der Waals surface area contributed by atoms with Gasteiger partial charge in [0.15, 0.2) is 0 Å². The van der Waals surface area contributed by atoms with E-state index in [1.165, 1.54) is 6.92 Å². The van der Waals surface area contributed by atoms with Crippen molar-refractivity contribution in [3.63, 3.8) is 0 Å². The summed E-state index contributed by atoms with van der Waals surface area (Å²) in [6, 6.07) is 6.61. The Bertz CT molecular complexity index is 538. The molecule has 0 saturated heterocycles. The smallest absolute Gasteiger partial charge is 0.338 e. The first kappa shape index (κ1) is 14.1. The fourth-order valence-electron chi connectivity index (χ4n) is 1.99. The molecular weight excluding hydrogens is 254 g/mol. The Morgan fingerprint density at radius 3 is 2.55 bits per heavy atom. The number of hydrogen-bond acceptors (Lipinski definition) is 3. The Labute approximate surface area is 118 Å². The maximum atomic E-state index is 12.0. The molecule has 0 bridgehead atoms. The summed E-state index contributed by atoms with van der Waals surface area (Å²) in [7, 11) is 0. The molecule has 0 unspecified atom stereocenters. The maximum absolute atomic E-state index is 12.0. The van der Waals surface area contributed by atoms with Crippen LogP contribution in [-0.4, -0.2) is 18.0 Å². The third kappa shape index (κ3) is 3.86. The predicted molar refractivity (Wildman–Crippen MR) is 76.1 cm³/mol. The topological polar surface area (TPSA) is 55.4 Å². The highest BCUT2D eigenvalue weighted by Gasteiger charge is 2.33. The van der Waals surface area contributed by atoms with Gasteiger partial charge in [-0.1, -0.05) is 0 Å². The lowest BCUT2D eigenvalue weighted by molar-refractivity contribution is -0.114. The number of anilines is 1. The quantitative estimate of drug-likeness (QED) is 0.661. The van der Waals surface area contributed by atoms with Crippen LogP contribution in [0.15, 0.2) is 24.3 Å². The summed E-state index contributed by atoms with van der Waals surface area (Å²) in [5.41, 5.74) is 1.11. The minimum Gasteiger partial charge on any atom is -0.457 e. The van der Waals surface area contributed by atoms with Gasteiger partial charge in [0.05, 0.1) is 5.56 Å². The van der Waals surface area contributed by atoms with E-state index in [0.717, 1.165) is 12.8 Å². The van der Waals surface area contributed by atoms with E-state index in [1.54, 1.807) is 24.3 Å². The Hall–Kier alpha value is -2.28. The molecule has 0 radical (unpaired) electrons. The summed E-state index contributed by atoms with van der Waals surface area (Å²) >= 11 is 0. The molecule has 1 aromatic carbocycles. The normalized spacial score (nSPS) is 15.0. The van der Waals surface area contributed by atoms with Crippen LogP contribution < -0.4 is 5.32 Å². The van der Waals surface area contributed by atoms with Crippen molar-refractivity contribution in [3.8, 4) is 12.3 Å². The van der Waals surface area contributed by atoms with Crippen LogP contribution in [0.5, 0.6) is 0 Å². The number of carbonyl (C=O) groups is 2. The van der Waals surface area contributed by atoms with Crippen LogP contribution in [0, 0.1) is 18.3 Å². The number of carbonyl (C=O) groups excluding carboxylic acids is 2. The van der Waals surface area contributed by atoms with Crippen LogP contribution in [0.2, 0.25) is 0 Å². The molecule has 20 heavy (non-hydrogen) atoms. The predicted octanol–water partition coefficient (Wildman–Crippen LogP) is 2.60. The lowest BCUT2D eigenvalue weighted by atomic mass is 10.1. The van der Waals surface area contributed by atoms with Gasteiger partial charge in [-0.05, 0) is 43.0 Å². The Kier molecular flexibility index (Phi) is 4.41. The SMILES string of the molecule is C#CC[C@@H](OC(=O)c1ccc(NC(C)=O)cc1)C1CC1. The molecule has 1 aliphatic carbocycles. The summed E-state index contributed by atoms with van der Waals surface area (Å²) in [5, 5.41) is 2.64. The molecule has 4 heteroatoms. The van der Waals surface area contributed by atoms with Crippen molar-refractivity contribution in [3.05, 3.63) is 29.8 Å². The lowest BCUT2D eigenvalue weighted by Crippen LogP contribution is -2.20. The van der Waals surface area contributed by atoms with Gasteiger partial charge in [-0.2, -0.15) is 0 Å². The highest BCUT2D eigenvalue weighted by molar-refractivity contribution is 5.92. The van der Waals surface area contributed by atoms with Crippen molar-refractivity contribution in [1.82, 2.24) is 0 Å². The van der Waals surface area contributed by atoms with Gasteiger partial charge >= 0.3 is 5.97 Å². The molecule has 1 aromatic rings. The molecular formula is C16H17NO3. The number of amides is 1. The van der Waals surface area contributed by atoms with E-state index in [1.807, 2.05) is 0 Å². The Morgan fingerprint density at radius 2 is 2.05 bits per heavy atom. The fourth-order valence-corrected chi connectivity index (χ4v) is 1.99. The van der Waals surface area contributed by atoms with Gasteiger partial charge in [0.25, 0.3) is 0 Å². The highest BCUT2D eigenvalue weighted by atomic mass is 16.5. The van der Waals surface area contributed by atoms with Crippen LogP contribution >= 0.6 is 0 Å². The van der Waals surface area contributed by atoms with Crippen molar-refractivity contribution >= 4 is 17.6 Å². The first-order valence-corrected chi connectivity index (χ1v) is 6.62. The summed E-state index contributed by atoms with van der Waals surface area (Å²) in [5.74, 6) is 2.44. The van der Waals surface area contributed by atoms with Crippen molar-refractivity contribution in [2.75, 3.05) is 5.32 Å². The van der Waals surface area contributed by atoms with Gasteiger partial charge < -0.3 is 10.1 Å². The average Bonchev–Trinajstić information content (AvgIpc) is 3.22. The number of rotatable bonds is 5. The van der Waals surface area contributed by atoms with E-state index in [0.29, 0.717) is 23.6 Å². The molecule has 0 spiro atoms. The average molecular weight is 271 g/mol. The summed E-state index contributed by atoms with van der Waals surface area (Å²) in [4.78, 5) is 22.9. The van der Waals surface area contributed by atoms with Gasteiger partial charge in [0.1, 0.15) is 6.10 Å². The zero-order chi connectivity index (χ0) is 14.5. The minimum atomic E-state index is -0.369. The van der Waals surface area contributed by atoms with Crippen molar-refractivity contribution in [2.24, 2.45) is 5.92 Å². The summed E-state index contributed by atoms with van der Waals surface area (Å²) in [6.07, 6.45) is 7.72. The molecule has 104 valence electrons. The van der Waals surface area contributed by atoms with E-state index >= 15 is 0 Å². The number of esters is 1. The van der Waals surface area contributed by atoms with Crippen LogP contribution in [0.25, 0.3) is 0 Å². The largest absolute Gasteiger partial charge is 0.457 e. The first-order valence-electron chi connectivity index (χ1n) is 6.62. The summed E-state index contributed by atoms with van der Waals surface area (Å²) < 4.78 is 5.45. The van der Waals surface area contributed by atoms with Crippen LogP contribution in [0.4, 0.5) is 5.69 Å². The molecule has 1 aliphatic rings.